The molecule has 0 saturated carbocycles. The molecule has 0 spiro atoms. The predicted octanol–water partition coefficient (Wildman–Crippen LogP) is 3.82. The smallest absolute Gasteiger partial charge is 0.181 e. The Labute approximate surface area is 76.8 Å². The molecule has 4 heteroatoms. The van der Waals surface area contributed by atoms with E-state index in [0.29, 0.717) is 0 Å². The molecule has 50 valence electrons. The number of rotatable bonds is 0. The van der Waals surface area contributed by atoms with Crippen LogP contribution in [0.25, 0.3) is 0 Å². The minimum Gasteiger partial charge on any atom is -0.181 e. The molecule has 0 aliphatic rings. The number of halogens is 3. The highest BCUT2D eigenvalue weighted by Gasteiger charge is 1.95. The van der Waals surface area contributed by atoms with E-state index in [1.54, 1.807) is 0 Å². The Hall–Kier alpha value is 1.97. The highest BCUT2D eigenvalue weighted by atomic mass is 80.0. The van der Waals surface area contributed by atoms with Crippen LogP contribution < -0.4 is 0 Å². The van der Waals surface area contributed by atoms with E-state index in [1.807, 2.05) is 0 Å². The minimum absolute atomic E-state index is 0.701. The molecule has 0 nitrogen and oxygen atoms in total. The quantitative estimate of drug-likeness (QED) is 0.594. The first-order chi connectivity index (χ1) is 3.46. The van der Waals surface area contributed by atoms with Crippen LogP contribution in [-0.2, 0) is 0 Å². The standard InChI is InChI=1S/C4H10.Al.3BrH/c1-4(2)3;;;;/h4H,1-3H3;;3*1H/q;+3;;;/p-3. The first kappa shape index (κ1) is 12.6. The Morgan fingerprint density at radius 2 is 1.00 bits per heavy atom. The SMILES string of the molecule is CC(C)C.[Br][Al]([Br])[Br]. The van der Waals surface area contributed by atoms with Gasteiger partial charge in [0, 0.05) is 0 Å². The van der Waals surface area contributed by atoms with Crippen molar-refractivity contribution in [2.75, 3.05) is 0 Å². The van der Waals surface area contributed by atoms with E-state index < -0.39 is 8.67 Å². The van der Waals surface area contributed by atoms with Gasteiger partial charge in [0.15, 0.2) is 0 Å². The molecular formula is C4H10AlBr3. The van der Waals surface area contributed by atoms with Crippen molar-refractivity contribution >= 4 is 50.8 Å². The molecule has 0 amide bonds. The second kappa shape index (κ2) is 8.97. The van der Waals surface area contributed by atoms with Crippen molar-refractivity contribution in [3.05, 3.63) is 0 Å². The lowest BCUT2D eigenvalue weighted by molar-refractivity contribution is 0.737. The van der Waals surface area contributed by atoms with E-state index in [1.165, 1.54) is 0 Å². The molecule has 0 N–H and O–H groups in total. The fraction of sp³-hybridized carbons (Fsp3) is 1.00. The summed E-state index contributed by atoms with van der Waals surface area (Å²) < 4.78 is 0. The summed E-state index contributed by atoms with van der Waals surface area (Å²) in [6.45, 7) is 6.50. The van der Waals surface area contributed by atoms with Crippen molar-refractivity contribution in [1.82, 2.24) is 0 Å². The molecule has 0 unspecified atom stereocenters. The number of hydrogen-bond donors (Lipinski definition) is 0. The summed E-state index contributed by atoms with van der Waals surface area (Å²) in [4.78, 5) is 0. The molecule has 0 saturated heterocycles. The van der Waals surface area contributed by atoms with Crippen LogP contribution in [0.15, 0.2) is 0 Å². The highest BCUT2D eigenvalue weighted by molar-refractivity contribution is 9.69. The maximum absolute atomic E-state index is 3.24. The third-order valence-electron chi connectivity index (χ3n) is 0. The molecule has 0 aliphatic heterocycles. The lowest BCUT2D eigenvalue weighted by atomic mass is 10.3. The molecule has 0 aromatic carbocycles. The molecule has 0 radical (unpaired) electrons. The van der Waals surface area contributed by atoms with Gasteiger partial charge in [0.25, 0.3) is 0 Å². The molecular weight excluding hydrogens is 315 g/mol. The Balaban J connectivity index is 0. The van der Waals surface area contributed by atoms with Crippen LogP contribution in [0.1, 0.15) is 20.8 Å². The average Bonchev–Trinajstić information content (AvgIpc) is 1.25. The normalized spacial score (nSPS) is 7.88. The zero-order chi connectivity index (χ0) is 7.15. The maximum Gasteiger partial charge on any atom is 0.542 e. The van der Waals surface area contributed by atoms with E-state index in [9.17, 15) is 0 Å². The van der Waals surface area contributed by atoms with Gasteiger partial charge in [0.1, 0.15) is 0 Å². The van der Waals surface area contributed by atoms with Gasteiger partial charge in [0.05, 0.1) is 0 Å². The fourth-order valence-corrected chi connectivity index (χ4v) is 0. The van der Waals surface area contributed by atoms with Crippen LogP contribution in [0.2, 0.25) is 0 Å². The largest absolute Gasteiger partial charge is 0.542 e. The fourth-order valence-electron chi connectivity index (χ4n) is 0. The second-order valence-electron chi connectivity index (χ2n) is 1.98. The Morgan fingerprint density at radius 3 is 1.00 bits per heavy atom. The molecule has 0 aromatic heterocycles. The second-order valence-corrected chi connectivity index (χ2v) is 21.8. The average molecular weight is 325 g/mol. The summed E-state index contributed by atoms with van der Waals surface area (Å²) in [6, 6.07) is 0. The molecule has 8 heavy (non-hydrogen) atoms. The van der Waals surface area contributed by atoms with Gasteiger partial charge in [-0.2, -0.15) is 42.2 Å². The summed E-state index contributed by atoms with van der Waals surface area (Å²) >= 11 is 9.73. The lowest BCUT2D eigenvalue weighted by Crippen LogP contribution is -1.66. The zero-order valence-corrected chi connectivity index (χ0v) is 11.2. The van der Waals surface area contributed by atoms with Gasteiger partial charge in [-0.1, -0.05) is 20.8 Å². The van der Waals surface area contributed by atoms with Gasteiger partial charge in [-0.25, -0.2) is 0 Å². The predicted molar refractivity (Wildman–Crippen MR) is 53.0 cm³/mol. The monoisotopic (exact) mass is 322 g/mol. The highest BCUT2D eigenvalue weighted by Crippen LogP contribution is 2.07. The van der Waals surface area contributed by atoms with Crippen molar-refractivity contribution in [2.45, 2.75) is 20.8 Å². The molecule has 0 fully saturated rings. The first-order valence-corrected chi connectivity index (χ1v) is 11.9. The lowest BCUT2D eigenvalue weighted by Gasteiger charge is -1.79. The van der Waals surface area contributed by atoms with Gasteiger partial charge in [-0.15, -0.1) is 0 Å². The Morgan fingerprint density at radius 1 is 1.00 bits per heavy atom. The molecule has 0 heterocycles. The minimum atomic E-state index is -0.701. The summed E-state index contributed by atoms with van der Waals surface area (Å²) in [5, 5.41) is 0. The third kappa shape index (κ3) is 99.6. The maximum atomic E-state index is 3.24. The van der Waals surface area contributed by atoms with Crippen molar-refractivity contribution < 1.29 is 0 Å². The van der Waals surface area contributed by atoms with Gasteiger partial charge < -0.3 is 0 Å². The van der Waals surface area contributed by atoms with Crippen LogP contribution in [0, 0.1) is 5.92 Å². The summed E-state index contributed by atoms with van der Waals surface area (Å²) in [7, 11) is -0.701. The molecule has 0 rings (SSSR count). The molecule has 0 aromatic rings. The first-order valence-electron chi connectivity index (χ1n) is 2.39. The van der Waals surface area contributed by atoms with Gasteiger partial charge >= 0.3 is 8.67 Å². The summed E-state index contributed by atoms with van der Waals surface area (Å²) in [5.41, 5.74) is 0. The van der Waals surface area contributed by atoms with Crippen molar-refractivity contribution in [3.8, 4) is 0 Å². The summed E-state index contributed by atoms with van der Waals surface area (Å²) in [5.74, 6) is 0.833. The van der Waals surface area contributed by atoms with Gasteiger partial charge in [-0.3, -0.25) is 0 Å². The topological polar surface area (TPSA) is 0 Å². The molecule has 0 bridgehead atoms. The van der Waals surface area contributed by atoms with Crippen LogP contribution >= 0.6 is 42.2 Å². The van der Waals surface area contributed by atoms with E-state index in [0.717, 1.165) is 5.92 Å². The van der Waals surface area contributed by atoms with Crippen LogP contribution in [0.4, 0.5) is 0 Å². The van der Waals surface area contributed by atoms with Crippen LogP contribution in [0.5, 0.6) is 0 Å². The van der Waals surface area contributed by atoms with E-state index in [4.69, 9.17) is 0 Å². The van der Waals surface area contributed by atoms with Gasteiger partial charge in [-0.05, 0) is 5.92 Å². The van der Waals surface area contributed by atoms with Crippen LogP contribution in [-0.4, -0.2) is 8.67 Å². The number of hydrogen-bond acceptors (Lipinski definition) is 0. The van der Waals surface area contributed by atoms with Crippen LogP contribution in [0.3, 0.4) is 0 Å². The Bertz CT molecular complexity index is 26.8. The zero-order valence-electron chi connectivity index (χ0n) is 5.29. The van der Waals surface area contributed by atoms with E-state index >= 15 is 0 Å². The molecule has 0 aliphatic carbocycles. The van der Waals surface area contributed by atoms with Crippen molar-refractivity contribution in [3.63, 3.8) is 0 Å². The molecule has 0 atom stereocenters. The van der Waals surface area contributed by atoms with Crippen molar-refractivity contribution in [1.29, 1.82) is 0 Å². The summed E-state index contributed by atoms with van der Waals surface area (Å²) in [6.07, 6.45) is 0. The van der Waals surface area contributed by atoms with Gasteiger partial charge in [0.2, 0.25) is 0 Å². The Kier molecular flexibility index (Phi) is 14.2. The van der Waals surface area contributed by atoms with E-state index in [2.05, 4.69) is 62.9 Å². The third-order valence-corrected chi connectivity index (χ3v) is 0. The van der Waals surface area contributed by atoms with E-state index in [-0.39, 0.29) is 0 Å². The van der Waals surface area contributed by atoms with Crippen molar-refractivity contribution in [2.24, 2.45) is 5.92 Å².